The van der Waals surface area contributed by atoms with Crippen LogP contribution in [0.15, 0.2) is 15.0 Å². The molecular weight excluding hydrogens is 446 g/mol. The maximum absolute atomic E-state index is 11.3. The Balaban J connectivity index is 2.03. The number of hydrogen-bond donors (Lipinski definition) is 1. The average Bonchev–Trinajstić information content (AvgIpc) is 3.08. The molecule has 8 unspecified atom stereocenters. The van der Waals surface area contributed by atoms with Crippen molar-refractivity contribution in [3.8, 4) is 0 Å². The molecule has 1 aliphatic heterocycles. The number of thiocarbonyl (C=S) groups is 3. The predicted molar refractivity (Wildman–Crippen MR) is 133 cm³/mol. The standard InChI is InChI=1S/C23H33N3O2S3/c1-20(2,25-13-30)17-8-11-23(5,28-17)16-6-9-21(3,26-14-31)15-7-10-22(4,27)19(18(15)16)24-12-29/h15-19,27H,6-11H2,1-5H3. The fourth-order valence-corrected chi connectivity index (χ4v) is 7.09. The van der Waals surface area contributed by atoms with E-state index < -0.39 is 11.1 Å². The second-order valence-corrected chi connectivity index (χ2v) is 11.3. The maximum Gasteiger partial charge on any atom is 0.0922 e. The van der Waals surface area contributed by atoms with Crippen LogP contribution in [0.2, 0.25) is 0 Å². The summed E-state index contributed by atoms with van der Waals surface area (Å²) in [5.41, 5.74) is -2.04. The average molecular weight is 480 g/mol. The van der Waals surface area contributed by atoms with E-state index in [0.717, 1.165) is 32.1 Å². The lowest BCUT2D eigenvalue weighted by Gasteiger charge is -2.58. The molecule has 1 heterocycles. The van der Waals surface area contributed by atoms with Crippen LogP contribution in [0.4, 0.5) is 0 Å². The van der Waals surface area contributed by atoms with Crippen molar-refractivity contribution in [1.29, 1.82) is 0 Å². The zero-order chi connectivity index (χ0) is 23.1. The molecule has 0 bridgehead atoms. The molecule has 0 aromatic carbocycles. The summed E-state index contributed by atoms with van der Waals surface area (Å²) >= 11 is 14.9. The SMILES string of the molecule is CC1(O)CCC2C(C1N=C=S)C(C1(C)CCC(C(C)(C)N=C=S)O1)CCC2(C)N=C=S. The lowest BCUT2D eigenvalue weighted by atomic mass is 9.51. The molecular formula is C23H33N3O2S3. The zero-order valence-corrected chi connectivity index (χ0v) is 21.5. The summed E-state index contributed by atoms with van der Waals surface area (Å²) in [6, 6.07) is -0.347. The molecule has 8 heteroatoms. The third-order valence-corrected chi connectivity index (χ3v) is 8.65. The molecule has 0 aromatic rings. The van der Waals surface area contributed by atoms with Crippen molar-refractivity contribution in [3.05, 3.63) is 0 Å². The van der Waals surface area contributed by atoms with Crippen LogP contribution in [0.25, 0.3) is 0 Å². The van der Waals surface area contributed by atoms with E-state index in [1.807, 2.05) is 20.8 Å². The molecule has 1 N–H and O–H groups in total. The Morgan fingerprint density at radius 1 is 0.935 bits per heavy atom. The second kappa shape index (κ2) is 8.93. The largest absolute Gasteiger partial charge is 0.388 e. The highest BCUT2D eigenvalue weighted by atomic mass is 32.1. The Kier molecular flexibility index (Phi) is 7.19. The van der Waals surface area contributed by atoms with Crippen LogP contribution < -0.4 is 0 Å². The summed E-state index contributed by atoms with van der Waals surface area (Å²) in [6.45, 7) is 10.3. The van der Waals surface area contributed by atoms with Gasteiger partial charge >= 0.3 is 0 Å². The van der Waals surface area contributed by atoms with Gasteiger partial charge in [0.1, 0.15) is 0 Å². The lowest BCUT2D eigenvalue weighted by Crippen LogP contribution is -2.62. The van der Waals surface area contributed by atoms with E-state index in [2.05, 4.69) is 44.3 Å². The number of aliphatic hydroxyl groups is 1. The van der Waals surface area contributed by atoms with Gasteiger partial charge in [0.2, 0.25) is 0 Å². The van der Waals surface area contributed by atoms with Crippen LogP contribution in [0.5, 0.6) is 0 Å². The maximum atomic E-state index is 11.3. The minimum Gasteiger partial charge on any atom is -0.388 e. The molecule has 3 fully saturated rings. The summed E-state index contributed by atoms with van der Waals surface area (Å²) in [6.07, 6.45) is 5.12. The number of ether oxygens (including phenoxy) is 1. The summed E-state index contributed by atoms with van der Waals surface area (Å²) in [7, 11) is 0. The Hall–Kier alpha value is -0.680. The first kappa shape index (κ1) is 25.0. The van der Waals surface area contributed by atoms with Gasteiger partial charge in [-0.2, -0.15) is 0 Å². The number of hydrogen-bond acceptors (Lipinski definition) is 8. The molecule has 0 spiro atoms. The molecule has 3 rings (SSSR count). The predicted octanol–water partition coefficient (Wildman–Crippen LogP) is 5.33. The van der Waals surface area contributed by atoms with E-state index in [-0.39, 0.29) is 41.0 Å². The van der Waals surface area contributed by atoms with Crippen LogP contribution in [0, 0.1) is 17.8 Å². The molecule has 0 radical (unpaired) electrons. The topological polar surface area (TPSA) is 66.5 Å². The van der Waals surface area contributed by atoms with Crippen molar-refractivity contribution in [2.75, 3.05) is 0 Å². The smallest absolute Gasteiger partial charge is 0.0922 e. The number of fused-ring (bicyclic) bond motifs is 1. The highest BCUT2D eigenvalue weighted by molar-refractivity contribution is 7.78. The van der Waals surface area contributed by atoms with Crippen LogP contribution >= 0.6 is 36.7 Å². The quantitative estimate of drug-likeness (QED) is 0.427. The number of rotatable bonds is 5. The van der Waals surface area contributed by atoms with E-state index in [4.69, 9.17) is 41.4 Å². The van der Waals surface area contributed by atoms with Gasteiger partial charge in [-0.05, 0) is 128 Å². The molecule has 2 saturated carbocycles. The van der Waals surface area contributed by atoms with E-state index in [1.54, 1.807) is 0 Å². The highest BCUT2D eigenvalue weighted by Crippen LogP contribution is 2.58. The Morgan fingerprint density at radius 3 is 2.23 bits per heavy atom. The van der Waals surface area contributed by atoms with Gasteiger partial charge in [-0.15, -0.1) is 0 Å². The van der Waals surface area contributed by atoms with Crippen LogP contribution in [-0.2, 0) is 4.74 Å². The van der Waals surface area contributed by atoms with Crippen molar-refractivity contribution in [2.24, 2.45) is 32.7 Å². The monoisotopic (exact) mass is 479 g/mol. The van der Waals surface area contributed by atoms with E-state index in [1.165, 1.54) is 0 Å². The summed E-state index contributed by atoms with van der Waals surface area (Å²) in [5, 5.41) is 19.0. The molecule has 8 atom stereocenters. The summed E-state index contributed by atoms with van der Waals surface area (Å²) in [5.74, 6) is 0.475. The zero-order valence-electron chi connectivity index (χ0n) is 19.1. The second-order valence-electron chi connectivity index (χ2n) is 10.8. The number of nitrogens with zero attached hydrogens (tertiary/aromatic N) is 3. The van der Waals surface area contributed by atoms with Crippen molar-refractivity contribution in [1.82, 2.24) is 0 Å². The van der Waals surface area contributed by atoms with Gasteiger partial charge in [-0.25, -0.2) is 15.0 Å². The number of isothiocyanates is 3. The van der Waals surface area contributed by atoms with Gasteiger partial charge in [-0.3, -0.25) is 0 Å². The fourth-order valence-electron chi connectivity index (χ4n) is 6.53. The van der Waals surface area contributed by atoms with Crippen LogP contribution in [0.1, 0.15) is 73.1 Å². The molecule has 170 valence electrons. The highest BCUT2D eigenvalue weighted by Gasteiger charge is 2.61. The first-order valence-electron chi connectivity index (χ1n) is 11.1. The minimum atomic E-state index is -0.944. The van der Waals surface area contributed by atoms with E-state index >= 15 is 0 Å². The third kappa shape index (κ3) is 4.55. The van der Waals surface area contributed by atoms with Crippen molar-refractivity contribution in [3.63, 3.8) is 0 Å². The van der Waals surface area contributed by atoms with Gasteiger partial charge in [0.05, 0.1) is 49.9 Å². The summed E-state index contributed by atoms with van der Waals surface area (Å²) in [4.78, 5) is 13.5. The first-order chi connectivity index (χ1) is 14.4. The van der Waals surface area contributed by atoms with Crippen molar-refractivity contribution < 1.29 is 9.84 Å². The molecule has 3 aliphatic rings. The Labute approximate surface area is 201 Å². The van der Waals surface area contributed by atoms with Crippen molar-refractivity contribution >= 4 is 52.1 Å². The van der Waals surface area contributed by atoms with Crippen LogP contribution in [0.3, 0.4) is 0 Å². The minimum absolute atomic E-state index is 0.0322. The Bertz CT molecular complexity index is 858. The molecule has 0 amide bonds. The third-order valence-electron chi connectivity index (χ3n) is 8.37. The normalized spacial score (nSPS) is 44.9. The Morgan fingerprint density at radius 2 is 1.61 bits per heavy atom. The van der Waals surface area contributed by atoms with Gasteiger partial charge in [0, 0.05) is 0 Å². The molecule has 0 aromatic heterocycles. The molecule has 1 saturated heterocycles. The molecule has 2 aliphatic carbocycles. The molecule has 5 nitrogen and oxygen atoms in total. The van der Waals surface area contributed by atoms with Gasteiger partial charge < -0.3 is 9.84 Å². The molecule has 31 heavy (non-hydrogen) atoms. The van der Waals surface area contributed by atoms with Crippen LogP contribution in [-0.4, -0.2) is 55.0 Å². The van der Waals surface area contributed by atoms with Gasteiger partial charge in [0.25, 0.3) is 0 Å². The van der Waals surface area contributed by atoms with Gasteiger partial charge in [-0.1, -0.05) is 0 Å². The lowest BCUT2D eigenvalue weighted by molar-refractivity contribution is -0.156. The van der Waals surface area contributed by atoms with E-state index in [0.29, 0.717) is 6.42 Å². The first-order valence-corrected chi connectivity index (χ1v) is 12.3. The number of aliphatic imine (C=N–C) groups is 3. The summed E-state index contributed by atoms with van der Waals surface area (Å²) < 4.78 is 6.76. The van der Waals surface area contributed by atoms with Gasteiger partial charge in [0.15, 0.2) is 0 Å². The van der Waals surface area contributed by atoms with Crippen molar-refractivity contribution in [2.45, 2.75) is 108 Å². The van der Waals surface area contributed by atoms with E-state index in [9.17, 15) is 5.11 Å². The fraction of sp³-hybridized carbons (Fsp3) is 0.870.